The largest absolute Gasteiger partial charge is 0.497 e. The Kier molecular flexibility index (Phi) is 15.8. The van der Waals surface area contributed by atoms with Crippen LogP contribution in [0.1, 0.15) is 68.9 Å². The number of sulfonamides is 1. The summed E-state index contributed by atoms with van der Waals surface area (Å²) < 4.78 is 112. The van der Waals surface area contributed by atoms with Crippen molar-refractivity contribution in [1.82, 2.24) is 24.7 Å². The molecular weight excluding hydrogens is 1070 g/mol. The fourth-order valence-corrected chi connectivity index (χ4v) is 9.91. The first-order chi connectivity index (χ1) is 33.2. The molecule has 70 heavy (non-hydrogen) atoms. The molecule has 2 fully saturated rings. The van der Waals surface area contributed by atoms with Gasteiger partial charge in [0.1, 0.15) is 34.6 Å². The summed E-state index contributed by atoms with van der Waals surface area (Å²) in [5.41, 5.74) is 4.01. The number of carbonyl (C=O) groups excluding carboxylic acids is 2. The topological polar surface area (TPSA) is 169 Å². The molecule has 23 heteroatoms. The molecule has 2 saturated heterocycles. The van der Waals surface area contributed by atoms with Crippen LogP contribution >= 0.6 is 31.9 Å². The van der Waals surface area contributed by atoms with Crippen LogP contribution in [0.2, 0.25) is 0 Å². The van der Waals surface area contributed by atoms with E-state index in [1.807, 2.05) is 0 Å². The van der Waals surface area contributed by atoms with Gasteiger partial charge in [-0.2, -0.15) is 4.31 Å². The van der Waals surface area contributed by atoms with Gasteiger partial charge in [0.25, 0.3) is 33.7 Å². The number of nitrogens with one attached hydrogen (secondary N) is 1. The van der Waals surface area contributed by atoms with Gasteiger partial charge in [-0.05, 0) is 76.0 Å². The lowest BCUT2D eigenvalue weighted by molar-refractivity contribution is -0.0228. The van der Waals surface area contributed by atoms with Gasteiger partial charge < -0.3 is 28.7 Å². The first-order valence-corrected chi connectivity index (χ1v) is 24.8. The number of hydrazine groups is 1. The zero-order chi connectivity index (χ0) is 50.7. The molecule has 2 aromatic carbocycles. The van der Waals surface area contributed by atoms with Crippen LogP contribution in [0, 0.1) is 13.8 Å². The SMILES string of the molecule is COc1ccc(CN(Cc2ccc(OC)cc2OC)S(=O)(=O)c2cc(N(NC(=O)c3cc(Br)c(C)nc3N3CCC(F)(F)CC3)C(=O)c3cc(Br)c(C)nc3N3CCC(F)(F)CC3)ccn2)c(OC)c1. The van der Waals surface area contributed by atoms with Gasteiger partial charge in [-0.25, -0.2) is 45.9 Å². The standard InChI is InChI=1S/C47H50Br2F4N8O8S/c1-28-37(48)24-35(42(55-28)58-17-12-46(50,51)13-18-58)44(62)57-61(45(63)36-25-38(49)29(2)56-43(36)59-19-14-47(52,53)15-20-59)32-11-16-54-41(21-32)70(64,65)60(26-30-7-9-33(66-3)22-39(30)68-5)27-31-8-10-34(67-4)23-40(31)69-6/h7-11,16,21-25H,12-15,17-20,26-27H2,1-6H3,(H,57,62). The average Bonchev–Trinajstić information content (AvgIpc) is 3.34. The molecule has 0 unspecified atom stereocenters. The highest BCUT2D eigenvalue weighted by Crippen LogP contribution is 2.37. The van der Waals surface area contributed by atoms with Gasteiger partial charge in [0.05, 0.1) is 56.6 Å². The van der Waals surface area contributed by atoms with Crippen LogP contribution in [0.5, 0.6) is 23.0 Å². The maximum atomic E-state index is 15.3. The van der Waals surface area contributed by atoms with E-state index in [1.54, 1.807) is 60.0 Å². The number of halogens is 6. The summed E-state index contributed by atoms with van der Waals surface area (Å²) in [6, 6.07) is 15.1. The quantitative estimate of drug-likeness (QED) is 0.0780. The van der Waals surface area contributed by atoms with Crippen molar-refractivity contribution < 1.29 is 54.5 Å². The Balaban J connectivity index is 1.36. The predicted molar refractivity (Wildman–Crippen MR) is 260 cm³/mol. The number of hydrogen-bond donors (Lipinski definition) is 1. The third-order valence-electron chi connectivity index (χ3n) is 12.0. The molecule has 374 valence electrons. The van der Waals surface area contributed by atoms with Crippen LogP contribution in [-0.2, 0) is 23.1 Å². The molecule has 2 aliphatic rings. The molecular formula is C47H50Br2F4N8O8S. The number of alkyl halides is 4. The Morgan fingerprint density at radius 2 is 1.14 bits per heavy atom. The summed E-state index contributed by atoms with van der Waals surface area (Å²) in [5, 5.41) is 0.267. The molecule has 0 saturated carbocycles. The fraction of sp³-hybridized carbons (Fsp3) is 0.383. The van der Waals surface area contributed by atoms with Gasteiger partial charge in [-0.15, -0.1) is 0 Å². The Hall–Kier alpha value is -5.78. The summed E-state index contributed by atoms with van der Waals surface area (Å²) in [7, 11) is 1.14. The van der Waals surface area contributed by atoms with Crippen LogP contribution < -0.4 is 39.2 Å². The van der Waals surface area contributed by atoms with Crippen molar-refractivity contribution in [2.45, 2.75) is 69.5 Å². The van der Waals surface area contributed by atoms with Crippen molar-refractivity contribution in [2.24, 2.45) is 0 Å². The van der Waals surface area contributed by atoms with Crippen molar-refractivity contribution >= 4 is 71.0 Å². The maximum Gasteiger partial charge on any atom is 0.280 e. The molecule has 1 N–H and O–H groups in total. The smallest absolute Gasteiger partial charge is 0.280 e. The predicted octanol–water partition coefficient (Wildman–Crippen LogP) is 8.90. The number of hydrogen-bond acceptors (Lipinski definition) is 13. The van der Waals surface area contributed by atoms with Gasteiger partial charge in [0, 0.05) is 109 Å². The molecule has 0 spiro atoms. The van der Waals surface area contributed by atoms with Crippen molar-refractivity contribution in [3.8, 4) is 23.0 Å². The molecule has 2 aliphatic heterocycles. The van der Waals surface area contributed by atoms with E-state index in [2.05, 4.69) is 52.2 Å². The molecule has 5 heterocycles. The highest BCUT2D eigenvalue weighted by atomic mass is 79.9. The molecule has 5 aromatic rings. The molecule has 0 aliphatic carbocycles. The summed E-state index contributed by atoms with van der Waals surface area (Å²) in [5.74, 6) is -6.02. The van der Waals surface area contributed by atoms with Gasteiger partial charge in [0.15, 0.2) is 5.03 Å². The summed E-state index contributed by atoms with van der Waals surface area (Å²) >= 11 is 6.87. The molecule has 2 amide bonds. The van der Waals surface area contributed by atoms with E-state index in [1.165, 1.54) is 46.6 Å². The van der Waals surface area contributed by atoms with Crippen LogP contribution in [0.15, 0.2) is 80.8 Å². The number of benzene rings is 2. The van der Waals surface area contributed by atoms with E-state index in [9.17, 15) is 22.4 Å². The number of anilines is 3. The number of aromatic nitrogens is 3. The van der Waals surface area contributed by atoms with Gasteiger partial charge in [-0.1, -0.05) is 12.1 Å². The van der Waals surface area contributed by atoms with Crippen molar-refractivity contribution in [2.75, 3.05) is 69.4 Å². The lowest BCUT2D eigenvalue weighted by Gasteiger charge is -2.35. The number of nitrogens with zero attached hydrogens (tertiary/aromatic N) is 7. The number of carbonyl (C=O) groups is 2. The Morgan fingerprint density at radius 3 is 1.60 bits per heavy atom. The number of ether oxygens (including phenoxy) is 4. The first kappa shape index (κ1) is 52.1. The normalized spacial score (nSPS) is 15.6. The monoisotopic (exact) mass is 1120 g/mol. The number of pyridine rings is 3. The second kappa shape index (κ2) is 21.3. The molecule has 0 bridgehead atoms. The first-order valence-electron chi connectivity index (χ1n) is 21.8. The van der Waals surface area contributed by atoms with Crippen LogP contribution in [0.4, 0.5) is 34.9 Å². The highest BCUT2D eigenvalue weighted by molar-refractivity contribution is 9.10. The zero-order valence-corrected chi connectivity index (χ0v) is 43.0. The van der Waals surface area contributed by atoms with Crippen molar-refractivity contribution in [3.63, 3.8) is 0 Å². The second-order valence-corrected chi connectivity index (χ2v) is 20.2. The van der Waals surface area contributed by atoms with Gasteiger partial charge in [-0.3, -0.25) is 15.0 Å². The minimum atomic E-state index is -4.68. The minimum Gasteiger partial charge on any atom is -0.497 e. The summed E-state index contributed by atoms with van der Waals surface area (Å²) in [6.07, 6.45) is -0.846. The van der Waals surface area contributed by atoms with E-state index in [-0.39, 0.29) is 67.7 Å². The highest BCUT2D eigenvalue weighted by Gasteiger charge is 2.39. The summed E-state index contributed by atoms with van der Waals surface area (Å²) in [6.45, 7) is 2.24. The number of amides is 2. The van der Waals surface area contributed by atoms with E-state index < -0.39 is 64.4 Å². The van der Waals surface area contributed by atoms with Crippen LogP contribution in [0.3, 0.4) is 0 Å². The fourth-order valence-electron chi connectivity index (χ4n) is 7.93. The molecule has 0 atom stereocenters. The number of methoxy groups -OCH3 is 4. The van der Waals surface area contributed by atoms with Crippen molar-refractivity contribution in [1.29, 1.82) is 0 Å². The van der Waals surface area contributed by atoms with Crippen LogP contribution in [0.25, 0.3) is 0 Å². The lowest BCUT2D eigenvalue weighted by Crippen LogP contribution is -2.48. The van der Waals surface area contributed by atoms with E-state index in [0.717, 1.165) is 21.6 Å². The van der Waals surface area contributed by atoms with Gasteiger partial charge >= 0.3 is 0 Å². The second-order valence-electron chi connectivity index (χ2n) is 16.6. The average molecular weight is 1120 g/mol. The summed E-state index contributed by atoms with van der Waals surface area (Å²) in [4.78, 5) is 46.7. The number of piperidine rings is 2. The number of rotatable bonds is 15. The van der Waals surface area contributed by atoms with E-state index in [0.29, 0.717) is 54.5 Å². The molecule has 16 nitrogen and oxygen atoms in total. The zero-order valence-electron chi connectivity index (χ0n) is 39.0. The minimum absolute atomic E-state index is 0.0464. The van der Waals surface area contributed by atoms with Crippen molar-refractivity contribution in [3.05, 3.63) is 109 Å². The maximum absolute atomic E-state index is 15.3. The molecule has 3 aromatic heterocycles. The Morgan fingerprint density at radius 1 is 0.686 bits per heavy atom. The lowest BCUT2D eigenvalue weighted by atomic mass is 10.1. The van der Waals surface area contributed by atoms with E-state index in [4.69, 9.17) is 18.9 Å². The third-order valence-corrected chi connectivity index (χ3v) is 15.3. The Bertz CT molecular complexity index is 2830. The Labute approximate surface area is 419 Å². The number of aryl methyl sites for hydroxylation is 2. The third kappa shape index (κ3) is 11.5. The van der Waals surface area contributed by atoms with E-state index >= 15 is 13.2 Å². The molecule has 0 radical (unpaired) electrons. The van der Waals surface area contributed by atoms with Crippen LogP contribution in [-0.4, -0.2) is 106 Å². The molecule has 7 rings (SSSR count). The van der Waals surface area contributed by atoms with Gasteiger partial charge in [0.2, 0.25) is 0 Å².